The fourth-order valence-electron chi connectivity index (χ4n) is 1.71. The second-order valence-electron chi connectivity index (χ2n) is 5.18. The van der Waals surface area contributed by atoms with Gasteiger partial charge in [0.2, 0.25) is 0 Å². The standard InChI is InChI=1S/C15H22ClNO/c1-11(2)4-5-12(3)17-15(18)14-8-6-13(10-16)7-9-14/h6-9,11-12H,4-5,10H2,1-3H3,(H,17,18). The molecule has 0 spiro atoms. The Bertz CT molecular complexity index is 373. The molecule has 0 aromatic heterocycles. The Labute approximate surface area is 115 Å². The SMILES string of the molecule is CC(C)CCC(C)NC(=O)c1ccc(CCl)cc1. The highest BCUT2D eigenvalue weighted by Gasteiger charge is 2.10. The third-order valence-electron chi connectivity index (χ3n) is 2.92. The number of carbonyl (C=O) groups is 1. The second-order valence-corrected chi connectivity index (χ2v) is 5.44. The molecule has 0 bridgehead atoms. The molecule has 100 valence electrons. The summed E-state index contributed by atoms with van der Waals surface area (Å²) in [4.78, 5) is 12.0. The largest absolute Gasteiger partial charge is 0.350 e. The minimum atomic E-state index is -0.00706. The van der Waals surface area contributed by atoms with Gasteiger partial charge in [-0.25, -0.2) is 0 Å². The Morgan fingerprint density at radius 2 is 1.78 bits per heavy atom. The van der Waals surface area contributed by atoms with E-state index in [2.05, 4.69) is 19.2 Å². The van der Waals surface area contributed by atoms with Crippen LogP contribution in [0.25, 0.3) is 0 Å². The summed E-state index contributed by atoms with van der Waals surface area (Å²) in [5, 5.41) is 3.02. The molecular formula is C15H22ClNO. The number of carbonyl (C=O) groups excluding carboxylic acids is 1. The predicted octanol–water partition coefficient (Wildman–Crippen LogP) is 3.98. The van der Waals surface area contributed by atoms with E-state index in [1.165, 1.54) is 0 Å². The molecule has 0 aliphatic carbocycles. The Hall–Kier alpha value is -1.02. The maximum atomic E-state index is 12.0. The highest BCUT2D eigenvalue weighted by molar-refractivity contribution is 6.17. The molecule has 0 radical (unpaired) electrons. The van der Waals surface area contributed by atoms with E-state index in [-0.39, 0.29) is 11.9 Å². The van der Waals surface area contributed by atoms with Gasteiger partial charge in [-0.05, 0) is 43.4 Å². The lowest BCUT2D eigenvalue weighted by molar-refractivity contribution is 0.0937. The lowest BCUT2D eigenvalue weighted by Gasteiger charge is -2.15. The van der Waals surface area contributed by atoms with Crippen molar-refractivity contribution in [3.05, 3.63) is 35.4 Å². The van der Waals surface area contributed by atoms with Crippen LogP contribution in [-0.4, -0.2) is 11.9 Å². The number of hydrogen-bond donors (Lipinski definition) is 1. The van der Waals surface area contributed by atoms with Crippen molar-refractivity contribution in [3.63, 3.8) is 0 Å². The van der Waals surface area contributed by atoms with E-state index < -0.39 is 0 Å². The monoisotopic (exact) mass is 267 g/mol. The number of alkyl halides is 1. The molecule has 0 fully saturated rings. The van der Waals surface area contributed by atoms with E-state index in [1.807, 2.05) is 31.2 Å². The Balaban J connectivity index is 2.48. The zero-order valence-corrected chi connectivity index (χ0v) is 12.1. The molecular weight excluding hydrogens is 246 g/mol. The smallest absolute Gasteiger partial charge is 0.251 e. The molecule has 1 N–H and O–H groups in total. The number of amides is 1. The fourth-order valence-corrected chi connectivity index (χ4v) is 1.89. The number of rotatable bonds is 6. The van der Waals surface area contributed by atoms with Gasteiger partial charge in [0.25, 0.3) is 5.91 Å². The molecule has 1 amide bonds. The van der Waals surface area contributed by atoms with Gasteiger partial charge in [0.15, 0.2) is 0 Å². The average molecular weight is 268 g/mol. The fraction of sp³-hybridized carbons (Fsp3) is 0.533. The summed E-state index contributed by atoms with van der Waals surface area (Å²) >= 11 is 5.71. The lowest BCUT2D eigenvalue weighted by Crippen LogP contribution is -2.32. The molecule has 1 atom stereocenters. The van der Waals surface area contributed by atoms with Gasteiger partial charge in [-0.15, -0.1) is 11.6 Å². The van der Waals surface area contributed by atoms with E-state index in [0.717, 1.165) is 18.4 Å². The van der Waals surface area contributed by atoms with E-state index in [0.29, 0.717) is 17.4 Å². The first kappa shape index (κ1) is 15.0. The topological polar surface area (TPSA) is 29.1 Å². The lowest BCUT2D eigenvalue weighted by atomic mass is 10.0. The zero-order valence-electron chi connectivity index (χ0n) is 11.4. The summed E-state index contributed by atoms with van der Waals surface area (Å²) in [6.07, 6.45) is 2.15. The molecule has 1 aromatic rings. The van der Waals surface area contributed by atoms with Gasteiger partial charge in [0.1, 0.15) is 0 Å². The molecule has 0 aliphatic heterocycles. The molecule has 1 unspecified atom stereocenters. The van der Waals surface area contributed by atoms with Gasteiger partial charge in [0.05, 0.1) is 0 Å². The van der Waals surface area contributed by atoms with Crippen LogP contribution in [0.2, 0.25) is 0 Å². The second kappa shape index (κ2) is 7.42. The molecule has 0 aliphatic rings. The van der Waals surface area contributed by atoms with Crippen molar-refractivity contribution in [2.75, 3.05) is 0 Å². The quantitative estimate of drug-likeness (QED) is 0.776. The molecule has 1 aromatic carbocycles. The number of hydrogen-bond acceptors (Lipinski definition) is 1. The maximum Gasteiger partial charge on any atom is 0.251 e. The third-order valence-corrected chi connectivity index (χ3v) is 3.23. The van der Waals surface area contributed by atoms with Crippen molar-refractivity contribution >= 4 is 17.5 Å². The van der Waals surface area contributed by atoms with Crippen molar-refractivity contribution in [3.8, 4) is 0 Å². The van der Waals surface area contributed by atoms with Crippen LogP contribution in [-0.2, 0) is 5.88 Å². The van der Waals surface area contributed by atoms with Crippen LogP contribution in [0.3, 0.4) is 0 Å². The third kappa shape index (κ3) is 5.09. The van der Waals surface area contributed by atoms with Gasteiger partial charge >= 0.3 is 0 Å². The maximum absolute atomic E-state index is 12.0. The minimum absolute atomic E-state index is 0.00706. The normalized spacial score (nSPS) is 12.5. The van der Waals surface area contributed by atoms with Crippen molar-refractivity contribution < 1.29 is 4.79 Å². The predicted molar refractivity (Wildman–Crippen MR) is 77.0 cm³/mol. The zero-order chi connectivity index (χ0) is 13.5. The molecule has 0 heterocycles. The number of benzene rings is 1. The number of nitrogens with one attached hydrogen (secondary N) is 1. The Morgan fingerprint density at radius 3 is 2.28 bits per heavy atom. The van der Waals surface area contributed by atoms with Crippen LogP contribution >= 0.6 is 11.6 Å². The first-order valence-electron chi connectivity index (χ1n) is 6.48. The molecule has 0 saturated carbocycles. The van der Waals surface area contributed by atoms with Crippen LogP contribution < -0.4 is 5.32 Å². The first-order chi connectivity index (χ1) is 8.52. The van der Waals surface area contributed by atoms with Gasteiger partial charge in [-0.1, -0.05) is 26.0 Å². The summed E-state index contributed by atoms with van der Waals surface area (Å²) < 4.78 is 0. The molecule has 18 heavy (non-hydrogen) atoms. The Kier molecular flexibility index (Phi) is 6.20. The highest BCUT2D eigenvalue weighted by atomic mass is 35.5. The van der Waals surface area contributed by atoms with Crippen LogP contribution in [0.5, 0.6) is 0 Å². The number of halogens is 1. The molecule has 2 nitrogen and oxygen atoms in total. The van der Waals surface area contributed by atoms with Crippen LogP contribution in [0.15, 0.2) is 24.3 Å². The van der Waals surface area contributed by atoms with E-state index in [9.17, 15) is 4.79 Å². The van der Waals surface area contributed by atoms with E-state index >= 15 is 0 Å². The van der Waals surface area contributed by atoms with Gasteiger partial charge in [-0.2, -0.15) is 0 Å². The van der Waals surface area contributed by atoms with E-state index in [4.69, 9.17) is 11.6 Å². The van der Waals surface area contributed by atoms with E-state index in [1.54, 1.807) is 0 Å². The Morgan fingerprint density at radius 1 is 1.17 bits per heavy atom. The van der Waals surface area contributed by atoms with Gasteiger partial charge in [0, 0.05) is 17.5 Å². The minimum Gasteiger partial charge on any atom is -0.350 e. The van der Waals surface area contributed by atoms with Crippen molar-refractivity contribution in [1.82, 2.24) is 5.32 Å². The summed E-state index contributed by atoms with van der Waals surface area (Å²) in [6, 6.07) is 7.64. The molecule has 1 rings (SSSR count). The highest BCUT2D eigenvalue weighted by Crippen LogP contribution is 2.09. The summed E-state index contributed by atoms with van der Waals surface area (Å²) in [6.45, 7) is 6.44. The molecule has 3 heteroatoms. The van der Waals surface area contributed by atoms with Gasteiger partial charge in [-0.3, -0.25) is 4.79 Å². The summed E-state index contributed by atoms with van der Waals surface area (Å²) in [5.41, 5.74) is 1.72. The summed E-state index contributed by atoms with van der Waals surface area (Å²) in [7, 11) is 0. The van der Waals surface area contributed by atoms with Crippen molar-refractivity contribution in [2.24, 2.45) is 5.92 Å². The van der Waals surface area contributed by atoms with Crippen LogP contribution in [0.1, 0.15) is 49.5 Å². The first-order valence-corrected chi connectivity index (χ1v) is 7.02. The van der Waals surface area contributed by atoms with Crippen molar-refractivity contribution in [2.45, 2.75) is 45.5 Å². The van der Waals surface area contributed by atoms with Gasteiger partial charge < -0.3 is 5.32 Å². The van der Waals surface area contributed by atoms with Crippen LogP contribution in [0, 0.1) is 5.92 Å². The molecule has 0 saturated heterocycles. The van der Waals surface area contributed by atoms with Crippen LogP contribution in [0.4, 0.5) is 0 Å². The summed E-state index contributed by atoms with van der Waals surface area (Å²) in [5.74, 6) is 1.15. The van der Waals surface area contributed by atoms with Crippen molar-refractivity contribution in [1.29, 1.82) is 0 Å². The average Bonchev–Trinajstić information content (AvgIpc) is 2.36.